The molecule has 0 spiro atoms. The topological polar surface area (TPSA) is 41.1 Å². The number of aryl methyl sites for hydroxylation is 1. The van der Waals surface area contributed by atoms with Crippen LogP contribution in [0, 0.1) is 6.92 Å². The average molecular weight is 288 g/mol. The van der Waals surface area contributed by atoms with E-state index in [1.54, 1.807) is 11.3 Å². The zero-order chi connectivity index (χ0) is 14.4. The van der Waals surface area contributed by atoms with Crippen molar-refractivity contribution in [3.05, 3.63) is 51.7 Å². The Bertz CT molecular complexity index is 577. The summed E-state index contributed by atoms with van der Waals surface area (Å²) < 4.78 is 0. The number of rotatable bonds is 6. The Morgan fingerprint density at radius 1 is 1.25 bits per heavy atom. The van der Waals surface area contributed by atoms with E-state index in [2.05, 4.69) is 29.7 Å². The molecule has 1 amide bonds. The van der Waals surface area contributed by atoms with Gasteiger partial charge in [-0.25, -0.2) is 0 Å². The number of anilines is 1. The molecular weight excluding hydrogens is 268 g/mol. The zero-order valence-electron chi connectivity index (χ0n) is 11.9. The van der Waals surface area contributed by atoms with Gasteiger partial charge in [0, 0.05) is 34.1 Å². The molecule has 1 heterocycles. The van der Waals surface area contributed by atoms with Crippen LogP contribution in [-0.4, -0.2) is 12.5 Å². The van der Waals surface area contributed by atoms with Crippen LogP contribution < -0.4 is 10.6 Å². The van der Waals surface area contributed by atoms with Crippen LogP contribution in [0.15, 0.2) is 36.4 Å². The van der Waals surface area contributed by atoms with Crippen LogP contribution in [0.25, 0.3) is 0 Å². The van der Waals surface area contributed by atoms with Crippen molar-refractivity contribution >= 4 is 22.9 Å². The lowest BCUT2D eigenvalue weighted by atomic mass is 10.2. The van der Waals surface area contributed by atoms with Gasteiger partial charge in [0.1, 0.15) is 0 Å². The first-order valence-corrected chi connectivity index (χ1v) is 7.68. The highest BCUT2D eigenvalue weighted by Gasteiger charge is 2.05. The summed E-state index contributed by atoms with van der Waals surface area (Å²) in [5.74, 6) is -0.0116. The van der Waals surface area contributed by atoms with E-state index in [9.17, 15) is 4.79 Å². The molecule has 2 N–H and O–H groups in total. The van der Waals surface area contributed by atoms with Crippen LogP contribution in [0.1, 0.15) is 33.5 Å². The number of nitrogens with one attached hydrogen (secondary N) is 2. The van der Waals surface area contributed by atoms with E-state index in [0.717, 1.165) is 18.7 Å². The third-order valence-electron chi connectivity index (χ3n) is 2.92. The maximum atomic E-state index is 11.9. The van der Waals surface area contributed by atoms with Crippen LogP contribution >= 0.6 is 11.3 Å². The monoisotopic (exact) mass is 288 g/mol. The van der Waals surface area contributed by atoms with Crippen molar-refractivity contribution in [2.45, 2.75) is 26.8 Å². The molecule has 20 heavy (non-hydrogen) atoms. The largest absolute Gasteiger partial charge is 0.380 e. The van der Waals surface area contributed by atoms with Crippen molar-refractivity contribution in [2.75, 3.05) is 11.9 Å². The fourth-order valence-corrected chi connectivity index (χ4v) is 2.71. The molecule has 0 saturated carbocycles. The summed E-state index contributed by atoms with van der Waals surface area (Å²) >= 11 is 1.79. The number of amides is 1. The minimum atomic E-state index is -0.0116. The average Bonchev–Trinajstić information content (AvgIpc) is 2.88. The summed E-state index contributed by atoms with van der Waals surface area (Å²) in [6.07, 6.45) is 0.946. The van der Waals surface area contributed by atoms with Crippen LogP contribution in [0.4, 0.5) is 5.69 Å². The molecule has 0 radical (unpaired) electrons. The number of carbonyl (C=O) groups is 1. The van der Waals surface area contributed by atoms with E-state index in [-0.39, 0.29) is 5.91 Å². The number of hydrogen-bond acceptors (Lipinski definition) is 3. The Kier molecular flexibility index (Phi) is 5.18. The Balaban J connectivity index is 1.97. The SMILES string of the molecule is CCCNC(=O)c1cccc(NCc2ccc(C)s2)c1. The number of hydrogen-bond donors (Lipinski definition) is 2. The van der Waals surface area contributed by atoms with Crippen molar-refractivity contribution in [1.82, 2.24) is 5.32 Å². The molecule has 0 bridgehead atoms. The Morgan fingerprint density at radius 2 is 2.10 bits per heavy atom. The first kappa shape index (κ1) is 14.6. The molecule has 3 nitrogen and oxygen atoms in total. The fraction of sp³-hybridized carbons (Fsp3) is 0.312. The summed E-state index contributed by atoms with van der Waals surface area (Å²) in [7, 11) is 0. The minimum absolute atomic E-state index is 0.0116. The maximum absolute atomic E-state index is 11.9. The number of thiophene rings is 1. The van der Waals surface area contributed by atoms with Gasteiger partial charge < -0.3 is 10.6 Å². The van der Waals surface area contributed by atoms with E-state index in [1.807, 2.05) is 31.2 Å². The van der Waals surface area contributed by atoms with Gasteiger partial charge in [0.25, 0.3) is 5.91 Å². The van der Waals surface area contributed by atoms with E-state index in [4.69, 9.17) is 0 Å². The maximum Gasteiger partial charge on any atom is 0.251 e. The minimum Gasteiger partial charge on any atom is -0.380 e. The zero-order valence-corrected chi connectivity index (χ0v) is 12.7. The molecular formula is C16H20N2OS. The lowest BCUT2D eigenvalue weighted by Crippen LogP contribution is -2.23. The van der Waals surface area contributed by atoms with E-state index < -0.39 is 0 Å². The summed E-state index contributed by atoms with van der Waals surface area (Å²) in [4.78, 5) is 14.5. The second kappa shape index (κ2) is 7.10. The number of benzene rings is 1. The molecule has 1 aromatic heterocycles. The highest BCUT2D eigenvalue weighted by molar-refractivity contribution is 7.11. The Morgan fingerprint density at radius 3 is 2.80 bits per heavy atom. The van der Waals surface area contributed by atoms with Crippen molar-refractivity contribution in [3.8, 4) is 0 Å². The molecule has 0 aliphatic rings. The standard InChI is InChI=1S/C16H20N2OS/c1-3-9-17-16(19)13-5-4-6-14(10-13)18-11-15-8-7-12(2)20-15/h4-8,10,18H,3,9,11H2,1-2H3,(H,17,19). The summed E-state index contributed by atoms with van der Waals surface area (Å²) in [5.41, 5.74) is 1.67. The highest BCUT2D eigenvalue weighted by Crippen LogP contribution is 2.17. The predicted molar refractivity (Wildman–Crippen MR) is 85.4 cm³/mol. The lowest BCUT2D eigenvalue weighted by Gasteiger charge is -2.08. The van der Waals surface area contributed by atoms with Gasteiger partial charge in [-0.1, -0.05) is 13.0 Å². The summed E-state index contributed by atoms with van der Waals surface area (Å²) in [5, 5.41) is 6.24. The molecule has 0 unspecified atom stereocenters. The van der Waals surface area contributed by atoms with Crippen molar-refractivity contribution in [3.63, 3.8) is 0 Å². The summed E-state index contributed by atoms with van der Waals surface area (Å²) in [6.45, 7) is 5.65. The smallest absolute Gasteiger partial charge is 0.251 e. The quantitative estimate of drug-likeness (QED) is 0.848. The third-order valence-corrected chi connectivity index (χ3v) is 3.92. The van der Waals surface area contributed by atoms with Crippen molar-refractivity contribution < 1.29 is 4.79 Å². The van der Waals surface area contributed by atoms with Gasteiger partial charge in [-0.05, 0) is 43.7 Å². The van der Waals surface area contributed by atoms with Gasteiger partial charge >= 0.3 is 0 Å². The van der Waals surface area contributed by atoms with E-state index in [0.29, 0.717) is 12.1 Å². The molecule has 0 saturated heterocycles. The van der Waals surface area contributed by atoms with Crippen LogP contribution in [-0.2, 0) is 6.54 Å². The Labute approximate surface area is 124 Å². The molecule has 2 rings (SSSR count). The fourth-order valence-electron chi connectivity index (χ4n) is 1.88. The van der Waals surface area contributed by atoms with Crippen LogP contribution in [0.2, 0.25) is 0 Å². The van der Waals surface area contributed by atoms with Gasteiger partial charge in [0.05, 0.1) is 0 Å². The molecule has 0 aliphatic heterocycles. The van der Waals surface area contributed by atoms with Gasteiger partial charge in [-0.15, -0.1) is 11.3 Å². The summed E-state index contributed by atoms with van der Waals surface area (Å²) in [6, 6.07) is 11.9. The van der Waals surface area contributed by atoms with Gasteiger partial charge in [-0.3, -0.25) is 4.79 Å². The first-order chi connectivity index (χ1) is 9.69. The van der Waals surface area contributed by atoms with Gasteiger partial charge in [0.15, 0.2) is 0 Å². The molecule has 106 valence electrons. The second-order valence-corrected chi connectivity index (χ2v) is 6.08. The first-order valence-electron chi connectivity index (χ1n) is 6.86. The molecule has 1 aromatic carbocycles. The molecule has 0 aliphatic carbocycles. The molecule has 4 heteroatoms. The highest BCUT2D eigenvalue weighted by atomic mass is 32.1. The van der Waals surface area contributed by atoms with Gasteiger partial charge in [-0.2, -0.15) is 0 Å². The second-order valence-electron chi connectivity index (χ2n) is 4.70. The lowest BCUT2D eigenvalue weighted by molar-refractivity contribution is 0.0953. The van der Waals surface area contributed by atoms with Gasteiger partial charge in [0.2, 0.25) is 0 Å². The molecule has 0 fully saturated rings. The Hall–Kier alpha value is -1.81. The van der Waals surface area contributed by atoms with Crippen LogP contribution in [0.3, 0.4) is 0 Å². The van der Waals surface area contributed by atoms with Crippen molar-refractivity contribution in [1.29, 1.82) is 0 Å². The van der Waals surface area contributed by atoms with E-state index >= 15 is 0 Å². The van der Waals surface area contributed by atoms with Crippen LogP contribution in [0.5, 0.6) is 0 Å². The normalized spacial score (nSPS) is 10.3. The molecule has 2 aromatic rings. The van der Waals surface area contributed by atoms with E-state index in [1.165, 1.54) is 9.75 Å². The van der Waals surface area contributed by atoms with Crippen molar-refractivity contribution in [2.24, 2.45) is 0 Å². The third kappa shape index (κ3) is 4.10. The predicted octanol–water partition coefficient (Wildman–Crippen LogP) is 3.81. The molecule has 0 atom stereocenters. The number of carbonyl (C=O) groups excluding carboxylic acids is 1.